The lowest BCUT2D eigenvalue weighted by atomic mass is 10.2. The molecule has 4 heteroatoms. The Morgan fingerprint density at radius 2 is 2.39 bits per heavy atom. The van der Waals surface area contributed by atoms with Crippen molar-refractivity contribution in [1.82, 2.24) is 0 Å². The number of unbranched alkanes of at least 4 members (excludes halogenated alkanes) is 2. The van der Waals surface area contributed by atoms with Gasteiger partial charge in [0.15, 0.2) is 0 Å². The van der Waals surface area contributed by atoms with Crippen LogP contribution in [0.5, 0.6) is 0 Å². The van der Waals surface area contributed by atoms with Gasteiger partial charge < -0.3 is 14.2 Å². The molecule has 0 aliphatic carbocycles. The minimum Gasteiger partial charge on any atom is -0.433 e. The summed E-state index contributed by atoms with van der Waals surface area (Å²) in [4.78, 5) is 11.2. The molecule has 0 bridgehead atoms. The predicted molar refractivity (Wildman–Crippen MR) is 69.1 cm³/mol. The summed E-state index contributed by atoms with van der Waals surface area (Å²) in [5.41, 5.74) is 0. The molecule has 0 amide bonds. The van der Waals surface area contributed by atoms with Crippen LogP contribution in [0.25, 0.3) is 0 Å². The Morgan fingerprint density at radius 3 is 3.00 bits per heavy atom. The molecule has 1 aliphatic heterocycles. The van der Waals surface area contributed by atoms with Crippen molar-refractivity contribution in [2.75, 3.05) is 13.2 Å². The lowest BCUT2D eigenvalue weighted by Crippen LogP contribution is -2.25. The molecule has 4 nitrogen and oxygen atoms in total. The molecule has 0 radical (unpaired) electrons. The number of ether oxygens (including phenoxy) is 3. The number of hydrogen-bond acceptors (Lipinski definition) is 4. The minimum atomic E-state index is -0.466. The molecule has 1 heterocycles. The SMILES string of the molecule is C=CC(=O)OC(CCCCC)OCC1CCCO1. The molecule has 0 aromatic heterocycles. The van der Waals surface area contributed by atoms with Gasteiger partial charge in [0.1, 0.15) is 0 Å². The molecular weight excluding hydrogens is 232 g/mol. The summed E-state index contributed by atoms with van der Waals surface area (Å²) in [5.74, 6) is -0.427. The summed E-state index contributed by atoms with van der Waals surface area (Å²) in [6, 6.07) is 0. The van der Waals surface area contributed by atoms with E-state index in [1.807, 2.05) is 0 Å². The maximum absolute atomic E-state index is 11.2. The van der Waals surface area contributed by atoms with Gasteiger partial charge in [0.05, 0.1) is 12.7 Å². The van der Waals surface area contributed by atoms with Crippen LogP contribution < -0.4 is 0 Å². The highest BCUT2D eigenvalue weighted by Gasteiger charge is 2.19. The van der Waals surface area contributed by atoms with Crippen molar-refractivity contribution in [3.8, 4) is 0 Å². The van der Waals surface area contributed by atoms with E-state index in [0.717, 1.165) is 45.1 Å². The lowest BCUT2D eigenvalue weighted by molar-refractivity contribution is -0.180. The van der Waals surface area contributed by atoms with Gasteiger partial charge in [-0.25, -0.2) is 4.79 Å². The van der Waals surface area contributed by atoms with E-state index in [-0.39, 0.29) is 6.10 Å². The number of carbonyl (C=O) groups is 1. The van der Waals surface area contributed by atoms with E-state index in [4.69, 9.17) is 14.2 Å². The normalized spacial score (nSPS) is 20.6. The van der Waals surface area contributed by atoms with Crippen molar-refractivity contribution in [2.24, 2.45) is 0 Å². The second-order valence-electron chi connectivity index (χ2n) is 4.53. The largest absolute Gasteiger partial charge is 0.433 e. The Labute approximate surface area is 109 Å². The second kappa shape index (κ2) is 9.11. The van der Waals surface area contributed by atoms with Gasteiger partial charge in [0, 0.05) is 19.1 Å². The molecule has 2 unspecified atom stereocenters. The Morgan fingerprint density at radius 1 is 1.56 bits per heavy atom. The van der Waals surface area contributed by atoms with Gasteiger partial charge in [0.2, 0.25) is 6.29 Å². The summed E-state index contributed by atoms with van der Waals surface area (Å²) < 4.78 is 16.3. The number of esters is 1. The maximum atomic E-state index is 11.2. The van der Waals surface area contributed by atoms with E-state index >= 15 is 0 Å². The van der Waals surface area contributed by atoms with E-state index in [0.29, 0.717) is 6.61 Å². The molecule has 0 aromatic carbocycles. The molecule has 0 saturated carbocycles. The highest BCUT2D eigenvalue weighted by Crippen LogP contribution is 2.15. The van der Waals surface area contributed by atoms with Gasteiger partial charge >= 0.3 is 5.97 Å². The fourth-order valence-electron chi connectivity index (χ4n) is 1.91. The average Bonchev–Trinajstić information content (AvgIpc) is 2.88. The summed E-state index contributed by atoms with van der Waals surface area (Å²) in [6.07, 6.45) is 6.95. The zero-order valence-electron chi connectivity index (χ0n) is 11.2. The average molecular weight is 256 g/mol. The van der Waals surface area contributed by atoms with Crippen molar-refractivity contribution in [1.29, 1.82) is 0 Å². The molecule has 2 atom stereocenters. The van der Waals surface area contributed by atoms with Crippen molar-refractivity contribution in [3.63, 3.8) is 0 Å². The van der Waals surface area contributed by atoms with Gasteiger partial charge in [-0.2, -0.15) is 0 Å². The molecule has 104 valence electrons. The first-order chi connectivity index (χ1) is 8.76. The Kier molecular flexibility index (Phi) is 7.69. The number of rotatable bonds is 9. The molecule has 1 rings (SSSR count). The zero-order valence-corrected chi connectivity index (χ0v) is 11.2. The Bertz CT molecular complexity index is 246. The highest BCUT2D eigenvalue weighted by molar-refractivity contribution is 5.81. The van der Waals surface area contributed by atoms with Crippen LogP contribution in [0.2, 0.25) is 0 Å². The first kappa shape index (κ1) is 15.2. The Balaban J connectivity index is 2.27. The van der Waals surface area contributed by atoms with Crippen molar-refractivity contribution in [3.05, 3.63) is 12.7 Å². The second-order valence-corrected chi connectivity index (χ2v) is 4.53. The number of hydrogen-bond donors (Lipinski definition) is 0. The van der Waals surface area contributed by atoms with Crippen LogP contribution in [0.1, 0.15) is 45.4 Å². The van der Waals surface area contributed by atoms with Crippen molar-refractivity contribution < 1.29 is 19.0 Å². The molecule has 18 heavy (non-hydrogen) atoms. The van der Waals surface area contributed by atoms with E-state index in [9.17, 15) is 4.79 Å². The Hall–Kier alpha value is -0.870. The number of carbonyl (C=O) groups excluding carboxylic acids is 1. The van der Waals surface area contributed by atoms with Crippen molar-refractivity contribution in [2.45, 2.75) is 57.8 Å². The van der Waals surface area contributed by atoms with E-state index in [2.05, 4.69) is 13.5 Å². The van der Waals surface area contributed by atoms with Crippen LogP contribution in [-0.2, 0) is 19.0 Å². The van der Waals surface area contributed by atoms with Gasteiger partial charge in [0.25, 0.3) is 0 Å². The van der Waals surface area contributed by atoms with E-state index in [1.54, 1.807) is 0 Å². The minimum absolute atomic E-state index is 0.154. The molecule has 1 aliphatic rings. The van der Waals surface area contributed by atoms with E-state index in [1.165, 1.54) is 6.08 Å². The van der Waals surface area contributed by atoms with Crippen LogP contribution in [0.15, 0.2) is 12.7 Å². The molecule has 0 N–H and O–H groups in total. The van der Waals surface area contributed by atoms with Crippen LogP contribution in [-0.4, -0.2) is 31.6 Å². The quantitative estimate of drug-likeness (QED) is 0.275. The van der Waals surface area contributed by atoms with Crippen LogP contribution >= 0.6 is 0 Å². The van der Waals surface area contributed by atoms with Gasteiger partial charge in [-0.1, -0.05) is 26.3 Å². The predicted octanol–water partition coefficient (Wildman–Crippen LogP) is 2.82. The third-order valence-corrected chi connectivity index (χ3v) is 2.95. The zero-order chi connectivity index (χ0) is 13.2. The first-order valence-electron chi connectivity index (χ1n) is 6.82. The lowest BCUT2D eigenvalue weighted by Gasteiger charge is -2.19. The van der Waals surface area contributed by atoms with Gasteiger partial charge in [-0.3, -0.25) is 0 Å². The molecular formula is C14H24O4. The van der Waals surface area contributed by atoms with Crippen LogP contribution in [0, 0.1) is 0 Å². The fraction of sp³-hybridized carbons (Fsp3) is 0.786. The third kappa shape index (κ3) is 6.17. The summed E-state index contributed by atoms with van der Waals surface area (Å²) in [6.45, 7) is 6.84. The van der Waals surface area contributed by atoms with Gasteiger partial charge in [-0.15, -0.1) is 0 Å². The van der Waals surface area contributed by atoms with Crippen LogP contribution in [0.3, 0.4) is 0 Å². The highest BCUT2D eigenvalue weighted by atomic mass is 16.7. The maximum Gasteiger partial charge on any atom is 0.332 e. The summed E-state index contributed by atoms with van der Waals surface area (Å²) in [5, 5.41) is 0. The third-order valence-electron chi connectivity index (χ3n) is 2.95. The molecule has 0 aromatic rings. The summed E-state index contributed by atoms with van der Waals surface area (Å²) >= 11 is 0. The summed E-state index contributed by atoms with van der Waals surface area (Å²) in [7, 11) is 0. The fourth-order valence-corrected chi connectivity index (χ4v) is 1.91. The van der Waals surface area contributed by atoms with Crippen molar-refractivity contribution >= 4 is 5.97 Å². The first-order valence-corrected chi connectivity index (χ1v) is 6.82. The smallest absolute Gasteiger partial charge is 0.332 e. The van der Waals surface area contributed by atoms with Gasteiger partial charge in [-0.05, 0) is 19.3 Å². The standard InChI is InChI=1S/C14H24O4/c1-3-5-6-9-14(18-13(15)4-2)17-11-12-8-7-10-16-12/h4,12,14H,2-3,5-11H2,1H3. The monoisotopic (exact) mass is 256 g/mol. The molecule has 0 spiro atoms. The molecule has 1 fully saturated rings. The molecule has 1 saturated heterocycles. The topological polar surface area (TPSA) is 44.8 Å². The van der Waals surface area contributed by atoms with E-state index < -0.39 is 12.3 Å². The van der Waals surface area contributed by atoms with Crippen LogP contribution in [0.4, 0.5) is 0 Å².